The van der Waals surface area contributed by atoms with Gasteiger partial charge >= 0.3 is 0 Å². The summed E-state index contributed by atoms with van der Waals surface area (Å²) < 4.78 is 32.4. The van der Waals surface area contributed by atoms with Crippen molar-refractivity contribution in [1.82, 2.24) is 20.0 Å². The molecule has 2 aliphatic rings. The molecule has 2 atom stereocenters. The lowest BCUT2D eigenvalue weighted by atomic mass is 9.93. The average Bonchev–Trinajstić information content (AvgIpc) is 3.38. The van der Waals surface area contributed by atoms with Crippen molar-refractivity contribution in [3.05, 3.63) is 47.2 Å². The number of nitrogens with zero attached hydrogens (tertiary/aromatic N) is 4. The Morgan fingerprint density at radius 3 is 2.91 bits per heavy atom. The van der Waals surface area contributed by atoms with Crippen LogP contribution in [0.25, 0.3) is 32.1 Å². The van der Waals surface area contributed by atoms with Crippen molar-refractivity contribution in [1.29, 1.82) is 5.26 Å². The average molecular weight is 479 g/mol. The van der Waals surface area contributed by atoms with Crippen LogP contribution in [0.15, 0.2) is 24.4 Å². The van der Waals surface area contributed by atoms with Gasteiger partial charge in [0.25, 0.3) is 5.91 Å². The van der Waals surface area contributed by atoms with Gasteiger partial charge < -0.3 is 16.0 Å². The van der Waals surface area contributed by atoms with Crippen LogP contribution < -0.4 is 11.1 Å². The molecule has 1 fully saturated rings. The second kappa shape index (κ2) is 7.48. The minimum atomic E-state index is -0.628. The number of amides is 1. The van der Waals surface area contributed by atoms with E-state index in [0.29, 0.717) is 36.1 Å². The first-order valence-electron chi connectivity index (χ1n) is 11.0. The zero-order valence-electron chi connectivity index (χ0n) is 18.2. The summed E-state index contributed by atoms with van der Waals surface area (Å²) in [6, 6.07) is 6.14. The Morgan fingerprint density at radius 1 is 1.29 bits per heavy atom. The molecule has 172 valence electrons. The minimum absolute atomic E-state index is 0.00234. The highest BCUT2D eigenvalue weighted by Crippen LogP contribution is 2.44. The summed E-state index contributed by atoms with van der Waals surface area (Å²) >= 11 is 0.963. The number of thiophene rings is 1. The third-order valence-electron chi connectivity index (χ3n) is 6.85. The normalized spacial score (nSPS) is 20.3. The second-order valence-corrected chi connectivity index (χ2v) is 9.92. The number of nitrogen functional groups attached to an aromatic ring is 1. The zero-order chi connectivity index (χ0) is 23.7. The lowest BCUT2D eigenvalue weighted by Gasteiger charge is -2.40. The first-order chi connectivity index (χ1) is 16.4. The predicted octanol–water partition coefficient (Wildman–Crippen LogP) is 3.86. The largest absolute Gasteiger partial charge is 0.389 e. The number of nitrogens with one attached hydrogen (secondary N) is 1. The van der Waals surface area contributed by atoms with E-state index in [2.05, 4.69) is 10.4 Å². The van der Waals surface area contributed by atoms with Gasteiger partial charge in [-0.25, -0.2) is 8.78 Å². The van der Waals surface area contributed by atoms with Gasteiger partial charge in [0.15, 0.2) is 0 Å². The summed E-state index contributed by atoms with van der Waals surface area (Å²) in [5.74, 6) is -1.38. The fraction of sp³-hybridized carbons (Fsp3) is 0.292. The number of piperazine rings is 1. The van der Waals surface area contributed by atoms with Gasteiger partial charge in [0, 0.05) is 48.1 Å². The van der Waals surface area contributed by atoms with Crippen LogP contribution in [-0.2, 0) is 6.54 Å². The van der Waals surface area contributed by atoms with Crippen LogP contribution in [0, 0.1) is 23.0 Å². The molecule has 10 heteroatoms. The summed E-state index contributed by atoms with van der Waals surface area (Å²) in [7, 11) is 0. The standard InChI is InChI=1S/C24H20F2N6OS/c1-11-10-31-12(8-29-11)4-5-32-21-14(24(31)33)6-18(26)19(16(21)9-30-32)13-2-3-17(25)22-20(13)15(7-27)23(28)34-22/h2-3,6,9,11-12,29H,4-5,8,10,28H2,1H3/t11-,12+/m1/s1. The number of anilines is 1. The van der Waals surface area contributed by atoms with Crippen LogP contribution in [0.1, 0.15) is 29.3 Å². The number of carbonyl (C=O) groups excluding carboxylic acids is 1. The number of nitriles is 1. The molecular weight excluding hydrogens is 458 g/mol. The van der Waals surface area contributed by atoms with Crippen LogP contribution in [0.4, 0.5) is 13.8 Å². The fourth-order valence-corrected chi connectivity index (χ4v) is 6.20. The Hall–Kier alpha value is -3.55. The quantitative estimate of drug-likeness (QED) is 0.433. The number of rotatable bonds is 1. The van der Waals surface area contributed by atoms with E-state index in [4.69, 9.17) is 5.73 Å². The molecule has 7 nitrogen and oxygen atoms in total. The van der Waals surface area contributed by atoms with E-state index in [1.165, 1.54) is 18.2 Å². The Labute approximate surface area is 197 Å². The first kappa shape index (κ1) is 21.0. The molecule has 0 spiro atoms. The molecule has 6 rings (SSSR count). The first-order valence-corrected chi connectivity index (χ1v) is 11.8. The van der Waals surface area contributed by atoms with Gasteiger partial charge in [-0.15, -0.1) is 11.3 Å². The number of nitrogens with two attached hydrogens (primary N) is 1. The maximum Gasteiger partial charge on any atom is 0.256 e. The molecule has 0 radical (unpaired) electrons. The van der Waals surface area contributed by atoms with Gasteiger partial charge in [0.1, 0.15) is 22.7 Å². The lowest BCUT2D eigenvalue weighted by Crippen LogP contribution is -2.58. The van der Waals surface area contributed by atoms with Gasteiger partial charge in [0.05, 0.1) is 27.5 Å². The number of benzene rings is 2. The summed E-state index contributed by atoms with van der Waals surface area (Å²) in [6.45, 7) is 3.81. The molecule has 0 bridgehead atoms. The highest BCUT2D eigenvalue weighted by Gasteiger charge is 2.35. The van der Waals surface area contributed by atoms with Crippen LogP contribution in [0.2, 0.25) is 0 Å². The van der Waals surface area contributed by atoms with Gasteiger partial charge in [0.2, 0.25) is 0 Å². The van der Waals surface area contributed by atoms with E-state index < -0.39 is 11.6 Å². The number of aromatic nitrogens is 2. The van der Waals surface area contributed by atoms with Crippen molar-refractivity contribution in [2.75, 3.05) is 18.8 Å². The Bertz CT molecular complexity index is 1550. The fourth-order valence-electron chi connectivity index (χ4n) is 5.25. The molecule has 34 heavy (non-hydrogen) atoms. The predicted molar refractivity (Wildman–Crippen MR) is 127 cm³/mol. The zero-order valence-corrected chi connectivity index (χ0v) is 19.0. The smallest absolute Gasteiger partial charge is 0.256 e. The van der Waals surface area contributed by atoms with E-state index in [9.17, 15) is 14.4 Å². The van der Waals surface area contributed by atoms with Crippen molar-refractivity contribution in [2.24, 2.45) is 0 Å². The minimum Gasteiger partial charge on any atom is -0.389 e. The van der Waals surface area contributed by atoms with Crippen LogP contribution in [-0.4, -0.2) is 45.8 Å². The molecular formula is C24H20F2N6OS. The summed E-state index contributed by atoms with van der Waals surface area (Å²) in [5.41, 5.74) is 7.45. The molecule has 1 saturated heterocycles. The molecule has 4 heterocycles. The molecule has 3 N–H and O–H groups in total. The van der Waals surface area contributed by atoms with E-state index in [0.717, 1.165) is 17.8 Å². The molecule has 0 saturated carbocycles. The number of hydrogen-bond donors (Lipinski definition) is 2. The van der Waals surface area contributed by atoms with Crippen LogP contribution in [0.3, 0.4) is 0 Å². The van der Waals surface area contributed by atoms with Crippen LogP contribution >= 0.6 is 11.3 Å². The van der Waals surface area contributed by atoms with Crippen molar-refractivity contribution >= 4 is 43.2 Å². The van der Waals surface area contributed by atoms with Crippen LogP contribution in [0.5, 0.6) is 0 Å². The van der Waals surface area contributed by atoms with E-state index in [-0.39, 0.29) is 49.8 Å². The monoisotopic (exact) mass is 478 g/mol. The highest BCUT2D eigenvalue weighted by molar-refractivity contribution is 7.23. The van der Waals surface area contributed by atoms with E-state index in [1.807, 2.05) is 17.9 Å². The van der Waals surface area contributed by atoms with Gasteiger partial charge in [-0.3, -0.25) is 9.48 Å². The summed E-state index contributed by atoms with van der Waals surface area (Å²) in [5, 5.41) is 18.5. The maximum absolute atomic E-state index is 15.8. The van der Waals surface area contributed by atoms with Crippen molar-refractivity contribution < 1.29 is 13.6 Å². The maximum atomic E-state index is 15.8. The van der Waals surface area contributed by atoms with Crippen molar-refractivity contribution in [3.8, 4) is 17.2 Å². The van der Waals surface area contributed by atoms with E-state index >= 15 is 4.39 Å². The summed E-state index contributed by atoms with van der Waals surface area (Å²) in [6.07, 6.45) is 2.27. The van der Waals surface area contributed by atoms with Gasteiger partial charge in [-0.2, -0.15) is 10.4 Å². The number of fused-ring (bicyclic) bond motifs is 2. The number of aryl methyl sites for hydroxylation is 1. The Kier molecular flexibility index (Phi) is 4.62. The molecule has 0 unspecified atom stereocenters. The number of carbonyl (C=O) groups is 1. The second-order valence-electron chi connectivity index (χ2n) is 8.87. The Morgan fingerprint density at radius 2 is 2.12 bits per heavy atom. The SMILES string of the molecule is C[C@@H]1CN2C(=O)c3cc(F)c(-c4ccc(F)c5sc(N)c(C#N)c45)c4cnn(c34)CC[C@H]2CN1. The van der Waals surface area contributed by atoms with Crippen molar-refractivity contribution in [2.45, 2.75) is 32.0 Å². The lowest BCUT2D eigenvalue weighted by molar-refractivity contribution is 0.0568. The van der Waals surface area contributed by atoms with E-state index in [1.54, 1.807) is 10.9 Å². The number of hydrogen-bond acceptors (Lipinski definition) is 6. The van der Waals surface area contributed by atoms with Gasteiger partial charge in [-0.1, -0.05) is 6.07 Å². The number of halogens is 2. The summed E-state index contributed by atoms with van der Waals surface area (Å²) in [4.78, 5) is 15.4. The highest BCUT2D eigenvalue weighted by atomic mass is 32.1. The third-order valence-corrected chi connectivity index (χ3v) is 7.88. The van der Waals surface area contributed by atoms with Gasteiger partial charge in [-0.05, 0) is 31.0 Å². The third kappa shape index (κ3) is 2.87. The Balaban J connectivity index is 1.63. The molecule has 2 aromatic carbocycles. The van der Waals surface area contributed by atoms with Crippen molar-refractivity contribution in [3.63, 3.8) is 0 Å². The molecule has 0 aliphatic carbocycles. The molecule has 1 amide bonds. The molecule has 2 aromatic heterocycles. The molecule has 2 aliphatic heterocycles. The molecule has 4 aromatic rings. The topological polar surface area (TPSA) is 100.0 Å².